The summed E-state index contributed by atoms with van der Waals surface area (Å²) >= 11 is 5.38. The van der Waals surface area contributed by atoms with E-state index in [1.165, 1.54) is 0 Å². The fraction of sp³-hybridized carbons (Fsp3) is 0.167. The molecule has 0 aliphatic rings. The van der Waals surface area contributed by atoms with Gasteiger partial charge in [0.05, 0.1) is 23.1 Å². The second-order valence-corrected chi connectivity index (χ2v) is 2.32. The standard InChI is InChI=1S/C6H5ClN2O3/c7-2-5-6(9(11)12)1-4(10)3-8-5/h1,3,10H,2H2. The van der Waals surface area contributed by atoms with Crippen LogP contribution in [0.1, 0.15) is 5.69 Å². The van der Waals surface area contributed by atoms with E-state index in [1.54, 1.807) is 0 Å². The monoisotopic (exact) mass is 188 g/mol. The Kier molecular flexibility index (Phi) is 2.44. The lowest BCUT2D eigenvalue weighted by atomic mass is 10.3. The summed E-state index contributed by atoms with van der Waals surface area (Å²) in [6, 6.07) is 1.02. The number of aromatic nitrogens is 1. The summed E-state index contributed by atoms with van der Waals surface area (Å²) in [5, 5.41) is 19.2. The molecule has 1 aromatic heterocycles. The van der Waals surface area contributed by atoms with E-state index in [9.17, 15) is 10.1 Å². The van der Waals surface area contributed by atoms with Crippen LogP contribution in [0.2, 0.25) is 0 Å². The third kappa shape index (κ3) is 1.62. The zero-order valence-corrected chi connectivity index (χ0v) is 6.65. The molecule has 5 nitrogen and oxygen atoms in total. The van der Waals surface area contributed by atoms with Crippen LogP contribution in [0.25, 0.3) is 0 Å². The highest BCUT2D eigenvalue weighted by atomic mass is 35.5. The second-order valence-electron chi connectivity index (χ2n) is 2.05. The van der Waals surface area contributed by atoms with Gasteiger partial charge in [-0.3, -0.25) is 10.1 Å². The van der Waals surface area contributed by atoms with Crippen LogP contribution in [-0.4, -0.2) is 15.0 Å². The molecule has 0 amide bonds. The first-order valence-corrected chi connectivity index (χ1v) is 3.57. The predicted octanol–water partition coefficient (Wildman–Crippen LogP) is 1.43. The van der Waals surface area contributed by atoms with Crippen molar-refractivity contribution in [2.45, 2.75) is 5.88 Å². The molecule has 1 heterocycles. The van der Waals surface area contributed by atoms with Crippen molar-refractivity contribution in [3.05, 3.63) is 28.1 Å². The van der Waals surface area contributed by atoms with Crippen molar-refractivity contribution in [3.8, 4) is 5.75 Å². The molecule has 12 heavy (non-hydrogen) atoms. The fourth-order valence-corrected chi connectivity index (χ4v) is 0.938. The lowest BCUT2D eigenvalue weighted by Gasteiger charge is -1.97. The van der Waals surface area contributed by atoms with Crippen LogP contribution in [0, 0.1) is 10.1 Å². The maximum Gasteiger partial charge on any atom is 0.295 e. The molecule has 0 saturated heterocycles. The van der Waals surface area contributed by atoms with Crippen LogP contribution >= 0.6 is 11.6 Å². The molecule has 1 rings (SSSR count). The van der Waals surface area contributed by atoms with Gasteiger partial charge in [-0.25, -0.2) is 4.98 Å². The Labute approximate surface area is 72.8 Å². The number of rotatable bonds is 2. The van der Waals surface area contributed by atoms with Gasteiger partial charge in [0.1, 0.15) is 11.4 Å². The molecule has 64 valence electrons. The average Bonchev–Trinajstić information content (AvgIpc) is 2.04. The van der Waals surface area contributed by atoms with Gasteiger partial charge in [-0.05, 0) is 0 Å². The van der Waals surface area contributed by atoms with Gasteiger partial charge in [-0.1, -0.05) is 0 Å². The first-order chi connectivity index (χ1) is 5.65. The Bertz CT molecular complexity index is 316. The molecule has 1 N–H and O–H groups in total. The molecule has 0 aliphatic carbocycles. The molecule has 0 aliphatic heterocycles. The highest BCUT2D eigenvalue weighted by Crippen LogP contribution is 2.22. The van der Waals surface area contributed by atoms with Gasteiger partial charge in [0, 0.05) is 0 Å². The molecule has 0 atom stereocenters. The quantitative estimate of drug-likeness (QED) is 0.433. The normalized spacial score (nSPS) is 9.75. The van der Waals surface area contributed by atoms with Crippen molar-refractivity contribution in [2.24, 2.45) is 0 Å². The maximum absolute atomic E-state index is 10.3. The van der Waals surface area contributed by atoms with Gasteiger partial charge in [-0.2, -0.15) is 0 Å². The van der Waals surface area contributed by atoms with Crippen molar-refractivity contribution < 1.29 is 10.0 Å². The highest BCUT2D eigenvalue weighted by molar-refractivity contribution is 6.17. The lowest BCUT2D eigenvalue weighted by Crippen LogP contribution is -1.95. The molecule has 0 unspecified atom stereocenters. The first kappa shape index (κ1) is 8.73. The zero-order chi connectivity index (χ0) is 9.14. The van der Waals surface area contributed by atoms with Crippen molar-refractivity contribution in [1.29, 1.82) is 0 Å². The molecule has 0 aromatic carbocycles. The Balaban J connectivity index is 3.21. The number of hydrogen-bond donors (Lipinski definition) is 1. The van der Waals surface area contributed by atoms with E-state index < -0.39 is 4.92 Å². The van der Waals surface area contributed by atoms with Crippen LogP contribution in [0.3, 0.4) is 0 Å². The van der Waals surface area contributed by atoms with E-state index in [0.29, 0.717) is 0 Å². The molecular weight excluding hydrogens is 184 g/mol. The summed E-state index contributed by atoms with van der Waals surface area (Å²) in [7, 11) is 0. The van der Waals surface area contributed by atoms with Crippen LogP contribution in [0.4, 0.5) is 5.69 Å². The zero-order valence-electron chi connectivity index (χ0n) is 5.90. The summed E-state index contributed by atoms with van der Waals surface area (Å²) < 4.78 is 0. The van der Waals surface area contributed by atoms with Gasteiger partial charge in [0.15, 0.2) is 0 Å². The third-order valence-electron chi connectivity index (χ3n) is 1.26. The minimum atomic E-state index is -0.634. The Hall–Kier alpha value is -1.36. The third-order valence-corrected chi connectivity index (χ3v) is 1.51. The number of pyridine rings is 1. The number of nitro groups is 1. The van der Waals surface area contributed by atoms with Gasteiger partial charge < -0.3 is 5.11 Å². The van der Waals surface area contributed by atoms with E-state index in [0.717, 1.165) is 12.3 Å². The molecule has 0 radical (unpaired) electrons. The largest absolute Gasteiger partial charge is 0.506 e. The number of halogens is 1. The van der Waals surface area contributed by atoms with Crippen molar-refractivity contribution in [1.82, 2.24) is 4.98 Å². The topological polar surface area (TPSA) is 76.3 Å². The number of hydrogen-bond acceptors (Lipinski definition) is 4. The van der Waals surface area contributed by atoms with E-state index in [1.807, 2.05) is 0 Å². The molecular formula is C6H5ClN2O3. The smallest absolute Gasteiger partial charge is 0.295 e. The molecule has 0 fully saturated rings. The number of aromatic hydroxyl groups is 1. The summed E-state index contributed by atoms with van der Waals surface area (Å²) in [6.07, 6.45) is 1.12. The van der Waals surface area contributed by atoms with Gasteiger partial charge >= 0.3 is 0 Å². The highest BCUT2D eigenvalue weighted by Gasteiger charge is 2.14. The molecule has 0 spiro atoms. The Morgan fingerprint density at radius 3 is 2.92 bits per heavy atom. The van der Waals surface area contributed by atoms with Crippen LogP contribution < -0.4 is 0 Å². The maximum atomic E-state index is 10.3. The first-order valence-electron chi connectivity index (χ1n) is 3.03. The molecule has 1 aromatic rings. The van der Waals surface area contributed by atoms with E-state index >= 15 is 0 Å². The second kappa shape index (κ2) is 3.36. The average molecular weight is 189 g/mol. The van der Waals surface area contributed by atoms with Crippen LogP contribution in [0.15, 0.2) is 12.3 Å². The van der Waals surface area contributed by atoms with Crippen molar-refractivity contribution in [2.75, 3.05) is 0 Å². The minimum Gasteiger partial charge on any atom is -0.506 e. The van der Waals surface area contributed by atoms with Crippen molar-refractivity contribution >= 4 is 17.3 Å². The van der Waals surface area contributed by atoms with Crippen LogP contribution in [0.5, 0.6) is 5.75 Å². The van der Waals surface area contributed by atoms with Gasteiger partial charge in [0.25, 0.3) is 5.69 Å². The van der Waals surface area contributed by atoms with E-state index in [2.05, 4.69) is 4.98 Å². The van der Waals surface area contributed by atoms with E-state index in [-0.39, 0.29) is 23.0 Å². The minimum absolute atomic E-state index is 0.0450. The molecule has 0 bridgehead atoms. The van der Waals surface area contributed by atoms with Crippen molar-refractivity contribution in [3.63, 3.8) is 0 Å². The van der Waals surface area contributed by atoms with Gasteiger partial charge in [0.2, 0.25) is 0 Å². The fourth-order valence-electron chi connectivity index (χ4n) is 0.732. The SMILES string of the molecule is O=[N+]([O-])c1cc(O)cnc1CCl. The van der Waals surface area contributed by atoms with Crippen LogP contribution in [-0.2, 0) is 5.88 Å². The summed E-state index contributed by atoms with van der Waals surface area (Å²) in [5.41, 5.74) is -0.107. The van der Waals surface area contributed by atoms with E-state index in [4.69, 9.17) is 16.7 Å². The number of nitrogens with zero attached hydrogens (tertiary/aromatic N) is 2. The Morgan fingerprint density at radius 2 is 2.42 bits per heavy atom. The predicted molar refractivity (Wildman–Crippen MR) is 42.1 cm³/mol. The summed E-state index contributed by atoms with van der Waals surface area (Å²) in [4.78, 5) is 13.3. The molecule has 0 saturated carbocycles. The lowest BCUT2D eigenvalue weighted by molar-refractivity contribution is -0.385. The summed E-state index contributed by atoms with van der Waals surface area (Å²) in [5.74, 6) is -0.285. The molecule has 6 heteroatoms. The Morgan fingerprint density at radius 1 is 1.75 bits per heavy atom. The van der Waals surface area contributed by atoms with Gasteiger partial charge in [-0.15, -0.1) is 11.6 Å². The summed E-state index contributed by atoms with van der Waals surface area (Å²) in [6.45, 7) is 0. The number of alkyl halides is 1.